The van der Waals surface area contributed by atoms with E-state index >= 15 is 0 Å². The summed E-state index contributed by atoms with van der Waals surface area (Å²) < 4.78 is 20.8. The van der Waals surface area contributed by atoms with Crippen molar-refractivity contribution in [1.29, 1.82) is 0 Å². The molecule has 3 aromatic rings. The van der Waals surface area contributed by atoms with Gasteiger partial charge in [0.05, 0.1) is 18.0 Å². The first kappa shape index (κ1) is 23.5. The minimum atomic E-state index is -0.365. The van der Waals surface area contributed by atoms with Gasteiger partial charge in [0.1, 0.15) is 5.82 Å². The van der Waals surface area contributed by atoms with E-state index in [4.69, 9.17) is 9.72 Å². The van der Waals surface area contributed by atoms with Crippen LogP contribution in [0.2, 0.25) is 0 Å². The largest absolute Gasteiger partial charge is 0.494 e. The predicted octanol–water partition coefficient (Wildman–Crippen LogP) is 3.62. The van der Waals surface area contributed by atoms with Gasteiger partial charge < -0.3 is 9.64 Å². The number of hydrogen-bond acceptors (Lipinski definition) is 5. The summed E-state index contributed by atoms with van der Waals surface area (Å²) in [5.74, 6) is 0.658. The highest BCUT2D eigenvalue weighted by Crippen LogP contribution is 2.21. The molecule has 35 heavy (non-hydrogen) atoms. The van der Waals surface area contributed by atoms with E-state index in [9.17, 15) is 14.0 Å². The third-order valence-corrected chi connectivity index (χ3v) is 7.10. The van der Waals surface area contributed by atoms with Crippen LogP contribution < -0.4 is 10.3 Å². The number of aryl methyl sites for hydroxylation is 1. The molecule has 0 unspecified atom stereocenters. The smallest absolute Gasteiger partial charge is 0.261 e. The number of nitrogens with zero attached hydrogens (tertiary/aromatic N) is 4. The van der Waals surface area contributed by atoms with Gasteiger partial charge in [-0.25, -0.2) is 9.37 Å². The average Bonchev–Trinajstić information content (AvgIpc) is 2.85. The number of ether oxygens (including phenoxy) is 1. The molecule has 0 bridgehead atoms. The number of piperazine rings is 1. The molecule has 7 nitrogen and oxygen atoms in total. The number of carbonyl (C=O) groups is 1. The number of aromatic nitrogens is 2. The molecule has 1 aromatic heterocycles. The van der Waals surface area contributed by atoms with Crippen LogP contribution in [0.5, 0.6) is 5.75 Å². The van der Waals surface area contributed by atoms with E-state index < -0.39 is 0 Å². The molecule has 184 valence electrons. The molecule has 0 N–H and O–H groups in total. The highest BCUT2D eigenvalue weighted by Gasteiger charge is 2.23. The molecule has 2 aromatic carbocycles. The second-order valence-corrected chi connectivity index (χ2v) is 9.42. The third kappa shape index (κ3) is 4.93. The van der Waals surface area contributed by atoms with Crippen molar-refractivity contribution in [1.82, 2.24) is 19.4 Å². The zero-order chi connectivity index (χ0) is 24.4. The lowest BCUT2D eigenvalue weighted by atomic mass is 10.1. The van der Waals surface area contributed by atoms with E-state index in [1.54, 1.807) is 24.3 Å². The molecule has 5 rings (SSSR count). The third-order valence-electron chi connectivity index (χ3n) is 7.10. The number of hydrogen-bond donors (Lipinski definition) is 0. The average molecular weight is 479 g/mol. The number of methoxy groups -OCH3 is 1. The minimum absolute atomic E-state index is 0.00511. The van der Waals surface area contributed by atoms with E-state index in [1.165, 1.54) is 13.2 Å². The standard InChI is InChI=1S/C27H31FN4O3/c1-35-24-10-7-19(16-22(24)28)18-30-12-14-31(15-13-30)26(33)20-8-9-21-23(17-20)29-25-6-4-2-3-5-11-32(25)27(21)34/h7-10,16-17H,2-6,11-15,18H2,1H3. The molecule has 2 aliphatic rings. The Morgan fingerprint density at radius 1 is 1.00 bits per heavy atom. The Hall–Kier alpha value is -3.26. The second kappa shape index (κ2) is 10.2. The van der Waals surface area contributed by atoms with Gasteiger partial charge in [0.2, 0.25) is 0 Å². The molecule has 1 amide bonds. The highest BCUT2D eigenvalue weighted by molar-refractivity contribution is 5.97. The number of halogens is 1. The fraction of sp³-hybridized carbons (Fsp3) is 0.444. The van der Waals surface area contributed by atoms with Crippen LogP contribution in [0, 0.1) is 5.82 Å². The van der Waals surface area contributed by atoms with Crippen molar-refractivity contribution in [3.05, 3.63) is 69.5 Å². The van der Waals surface area contributed by atoms with Crippen molar-refractivity contribution in [2.45, 2.75) is 45.2 Å². The van der Waals surface area contributed by atoms with Gasteiger partial charge in [-0.2, -0.15) is 0 Å². The molecule has 0 spiro atoms. The lowest BCUT2D eigenvalue weighted by molar-refractivity contribution is 0.0628. The van der Waals surface area contributed by atoms with Crippen LogP contribution in [0.15, 0.2) is 41.2 Å². The SMILES string of the molecule is COc1ccc(CN2CCN(C(=O)c3ccc4c(=O)n5c(nc4c3)CCCCCC5)CC2)cc1F. The number of carbonyl (C=O) groups excluding carboxylic acids is 1. The fourth-order valence-electron chi connectivity index (χ4n) is 5.09. The lowest BCUT2D eigenvalue weighted by Gasteiger charge is -2.34. The first-order valence-corrected chi connectivity index (χ1v) is 12.4. The van der Waals surface area contributed by atoms with Gasteiger partial charge in [-0.1, -0.05) is 18.9 Å². The zero-order valence-corrected chi connectivity index (χ0v) is 20.1. The molecule has 0 atom stereocenters. The van der Waals surface area contributed by atoms with Crippen molar-refractivity contribution < 1.29 is 13.9 Å². The van der Waals surface area contributed by atoms with Gasteiger partial charge in [0.15, 0.2) is 11.6 Å². The zero-order valence-electron chi connectivity index (χ0n) is 20.1. The Bertz CT molecular complexity index is 1300. The van der Waals surface area contributed by atoms with Gasteiger partial charge in [0, 0.05) is 51.3 Å². The summed E-state index contributed by atoms with van der Waals surface area (Å²) in [4.78, 5) is 35.1. The van der Waals surface area contributed by atoms with Crippen LogP contribution in [-0.4, -0.2) is 58.5 Å². The number of amides is 1. The van der Waals surface area contributed by atoms with Gasteiger partial charge in [-0.05, 0) is 48.7 Å². The molecule has 3 heterocycles. The van der Waals surface area contributed by atoms with Crippen LogP contribution in [0.3, 0.4) is 0 Å². The molecule has 2 aliphatic heterocycles. The van der Waals surface area contributed by atoms with Gasteiger partial charge in [0.25, 0.3) is 11.5 Å². The molecule has 0 saturated carbocycles. The lowest BCUT2D eigenvalue weighted by Crippen LogP contribution is -2.48. The molecular weight excluding hydrogens is 447 g/mol. The molecule has 0 aliphatic carbocycles. The minimum Gasteiger partial charge on any atom is -0.494 e. The van der Waals surface area contributed by atoms with Gasteiger partial charge in [-0.15, -0.1) is 0 Å². The number of rotatable bonds is 4. The van der Waals surface area contributed by atoms with Crippen molar-refractivity contribution in [2.24, 2.45) is 0 Å². The summed E-state index contributed by atoms with van der Waals surface area (Å²) in [6.07, 6.45) is 5.12. The quantitative estimate of drug-likeness (QED) is 0.573. The molecule has 0 radical (unpaired) electrons. The van der Waals surface area contributed by atoms with E-state index in [0.717, 1.165) is 43.5 Å². The topological polar surface area (TPSA) is 67.7 Å². The Morgan fingerprint density at radius 2 is 1.80 bits per heavy atom. The maximum Gasteiger partial charge on any atom is 0.261 e. The molecule has 1 saturated heterocycles. The summed E-state index contributed by atoms with van der Waals surface area (Å²) in [6.45, 7) is 3.94. The van der Waals surface area contributed by atoms with E-state index in [0.29, 0.717) is 55.7 Å². The summed E-state index contributed by atoms with van der Waals surface area (Å²) in [5.41, 5.74) is 2.04. The summed E-state index contributed by atoms with van der Waals surface area (Å²) in [6, 6.07) is 10.3. The molecule has 1 fully saturated rings. The number of fused-ring (bicyclic) bond motifs is 2. The monoisotopic (exact) mass is 478 g/mol. The van der Waals surface area contributed by atoms with Gasteiger partial charge >= 0.3 is 0 Å². The first-order chi connectivity index (χ1) is 17.0. The molecular formula is C27H31FN4O3. The summed E-state index contributed by atoms with van der Waals surface area (Å²) in [5, 5.41) is 0.572. The van der Waals surface area contributed by atoms with Crippen LogP contribution in [0.25, 0.3) is 10.9 Å². The Balaban J connectivity index is 1.27. The fourth-order valence-corrected chi connectivity index (χ4v) is 5.09. The Labute approximate surface area is 204 Å². The highest BCUT2D eigenvalue weighted by atomic mass is 19.1. The van der Waals surface area contributed by atoms with Crippen LogP contribution in [0.4, 0.5) is 4.39 Å². The van der Waals surface area contributed by atoms with Crippen molar-refractivity contribution >= 4 is 16.8 Å². The maximum absolute atomic E-state index is 14.0. The van der Waals surface area contributed by atoms with Crippen molar-refractivity contribution in [2.75, 3.05) is 33.3 Å². The van der Waals surface area contributed by atoms with Crippen LogP contribution in [0.1, 0.15) is 47.4 Å². The van der Waals surface area contributed by atoms with Gasteiger partial charge in [-0.3, -0.25) is 19.1 Å². The van der Waals surface area contributed by atoms with Crippen LogP contribution in [-0.2, 0) is 19.5 Å². The van der Waals surface area contributed by atoms with Crippen LogP contribution >= 0.6 is 0 Å². The predicted molar refractivity (Wildman–Crippen MR) is 132 cm³/mol. The number of benzene rings is 2. The van der Waals surface area contributed by atoms with E-state index in [-0.39, 0.29) is 23.0 Å². The van der Waals surface area contributed by atoms with Crippen molar-refractivity contribution in [3.63, 3.8) is 0 Å². The van der Waals surface area contributed by atoms with Crippen molar-refractivity contribution in [3.8, 4) is 5.75 Å². The second-order valence-electron chi connectivity index (χ2n) is 9.42. The Kier molecular flexibility index (Phi) is 6.81. The normalized spacial score (nSPS) is 17.0. The summed E-state index contributed by atoms with van der Waals surface area (Å²) >= 11 is 0. The van der Waals surface area contributed by atoms with E-state index in [1.807, 2.05) is 15.5 Å². The molecule has 8 heteroatoms. The maximum atomic E-state index is 14.0. The van der Waals surface area contributed by atoms with E-state index in [2.05, 4.69) is 4.90 Å². The Morgan fingerprint density at radius 3 is 2.57 bits per heavy atom. The first-order valence-electron chi connectivity index (χ1n) is 12.4. The summed E-state index contributed by atoms with van der Waals surface area (Å²) in [7, 11) is 1.45.